The zero-order valence-electron chi connectivity index (χ0n) is 20.2. The van der Waals surface area contributed by atoms with Crippen LogP contribution in [0.25, 0.3) is 6.08 Å². The van der Waals surface area contributed by atoms with Crippen molar-refractivity contribution in [2.24, 2.45) is 5.92 Å². The molecule has 184 valence electrons. The van der Waals surface area contributed by atoms with Gasteiger partial charge < -0.3 is 10.2 Å². The number of amides is 2. The van der Waals surface area contributed by atoms with Crippen LogP contribution in [0, 0.1) is 11.7 Å². The van der Waals surface area contributed by atoms with Crippen molar-refractivity contribution >= 4 is 35.3 Å². The molecular weight excluding hydrogens is 471 g/mol. The van der Waals surface area contributed by atoms with E-state index >= 15 is 0 Å². The van der Waals surface area contributed by atoms with E-state index in [-0.39, 0.29) is 30.2 Å². The molecule has 1 aliphatic heterocycles. The zero-order valence-corrected chi connectivity index (χ0v) is 21.1. The molecule has 2 atom stereocenters. The van der Waals surface area contributed by atoms with Gasteiger partial charge in [-0.25, -0.2) is 4.39 Å². The number of nitrogens with zero attached hydrogens (tertiary/aromatic N) is 1. The Bertz CT molecular complexity index is 1290. The number of halogens is 1. The van der Waals surface area contributed by atoms with Crippen molar-refractivity contribution in [2.75, 3.05) is 4.90 Å². The van der Waals surface area contributed by atoms with E-state index in [2.05, 4.69) is 12.2 Å². The Morgan fingerprint density at radius 2 is 1.81 bits per heavy atom. The van der Waals surface area contributed by atoms with Gasteiger partial charge in [-0.1, -0.05) is 74.0 Å². The standard InChI is InChI=1S/C30H29FN2O2S/c1-20-7-5-6-10-25(20)32-29(34)23-13-16-27-26(18-23)33(19-22-11-14-24(31)15-12-22)30(35)28(36-27)17-21-8-3-2-4-9-21/h2-4,8-9,11-18,20,25H,5-7,10,19H2,1H3,(H,32,34)/b28-17-/t20-,25-/m1/s1. The Kier molecular flexibility index (Phi) is 7.23. The molecule has 6 heteroatoms. The van der Waals surface area contributed by atoms with Gasteiger partial charge in [-0.3, -0.25) is 9.59 Å². The van der Waals surface area contributed by atoms with Crippen molar-refractivity contribution in [1.29, 1.82) is 0 Å². The normalized spacial score (nSPS) is 20.8. The summed E-state index contributed by atoms with van der Waals surface area (Å²) in [5.41, 5.74) is 2.99. The molecule has 0 bridgehead atoms. The van der Waals surface area contributed by atoms with Crippen molar-refractivity contribution in [3.05, 3.63) is 100 Å². The summed E-state index contributed by atoms with van der Waals surface area (Å²) in [5.74, 6) is -0.112. The van der Waals surface area contributed by atoms with Crippen LogP contribution in [0.15, 0.2) is 82.6 Å². The zero-order chi connectivity index (χ0) is 25.1. The number of nitrogens with one attached hydrogen (secondary N) is 1. The Hall–Kier alpha value is -3.38. The number of carbonyl (C=O) groups is 2. The molecule has 3 aromatic rings. The summed E-state index contributed by atoms with van der Waals surface area (Å²) in [6.07, 6.45) is 6.35. The predicted octanol–water partition coefficient (Wildman–Crippen LogP) is 6.81. The van der Waals surface area contributed by atoms with Gasteiger partial charge >= 0.3 is 0 Å². The quantitative estimate of drug-likeness (QED) is 0.391. The van der Waals surface area contributed by atoms with E-state index in [1.807, 2.05) is 54.6 Å². The molecule has 0 saturated heterocycles. The number of rotatable bonds is 5. The molecule has 1 fully saturated rings. The lowest BCUT2D eigenvalue weighted by atomic mass is 9.86. The minimum atomic E-state index is -0.319. The molecule has 0 unspecified atom stereocenters. The smallest absolute Gasteiger partial charge is 0.265 e. The van der Waals surface area contributed by atoms with Crippen molar-refractivity contribution < 1.29 is 14.0 Å². The molecule has 0 aromatic heterocycles. The summed E-state index contributed by atoms with van der Waals surface area (Å²) >= 11 is 1.41. The summed E-state index contributed by atoms with van der Waals surface area (Å²) in [5, 5.41) is 3.21. The van der Waals surface area contributed by atoms with Crippen LogP contribution < -0.4 is 10.2 Å². The van der Waals surface area contributed by atoms with E-state index < -0.39 is 0 Å². The first-order valence-corrected chi connectivity index (χ1v) is 13.3. The molecule has 2 aliphatic rings. The van der Waals surface area contributed by atoms with Crippen LogP contribution in [0.2, 0.25) is 0 Å². The Morgan fingerprint density at radius 3 is 2.56 bits per heavy atom. The molecule has 0 radical (unpaired) electrons. The van der Waals surface area contributed by atoms with Gasteiger partial charge in [0.2, 0.25) is 0 Å². The van der Waals surface area contributed by atoms with Gasteiger partial charge in [0, 0.05) is 16.5 Å². The summed E-state index contributed by atoms with van der Waals surface area (Å²) in [7, 11) is 0. The third-order valence-corrected chi connectivity index (χ3v) is 8.04. The Morgan fingerprint density at radius 1 is 1.06 bits per heavy atom. The third kappa shape index (κ3) is 5.39. The van der Waals surface area contributed by atoms with Crippen LogP contribution in [0.1, 0.15) is 54.1 Å². The lowest BCUT2D eigenvalue weighted by Gasteiger charge is -2.32. The van der Waals surface area contributed by atoms with Gasteiger partial charge in [0.05, 0.1) is 17.1 Å². The van der Waals surface area contributed by atoms with Crippen LogP contribution >= 0.6 is 11.8 Å². The molecule has 2 amide bonds. The fourth-order valence-electron chi connectivity index (χ4n) is 4.86. The second kappa shape index (κ2) is 10.7. The monoisotopic (exact) mass is 500 g/mol. The van der Waals surface area contributed by atoms with Crippen molar-refractivity contribution in [1.82, 2.24) is 5.32 Å². The van der Waals surface area contributed by atoms with E-state index in [0.717, 1.165) is 35.3 Å². The number of benzene rings is 3. The van der Waals surface area contributed by atoms with Crippen LogP contribution in [0.4, 0.5) is 10.1 Å². The summed E-state index contributed by atoms with van der Waals surface area (Å²) in [6, 6.07) is 21.6. The molecular formula is C30H29FN2O2S. The largest absolute Gasteiger partial charge is 0.349 e. The highest BCUT2D eigenvalue weighted by Gasteiger charge is 2.31. The van der Waals surface area contributed by atoms with Gasteiger partial charge in [0.15, 0.2) is 0 Å². The van der Waals surface area contributed by atoms with Gasteiger partial charge in [-0.15, -0.1) is 0 Å². The minimum Gasteiger partial charge on any atom is -0.349 e. The molecule has 1 saturated carbocycles. The number of carbonyl (C=O) groups excluding carboxylic acids is 2. The first-order valence-electron chi connectivity index (χ1n) is 12.4. The van der Waals surface area contributed by atoms with Crippen LogP contribution in [-0.2, 0) is 11.3 Å². The van der Waals surface area contributed by atoms with Crippen molar-refractivity contribution in [3.8, 4) is 0 Å². The molecule has 0 spiro atoms. The fourth-order valence-corrected chi connectivity index (χ4v) is 5.90. The molecule has 36 heavy (non-hydrogen) atoms. The minimum absolute atomic E-state index is 0.110. The van der Waals surface area contributed by atoms with Gasteiger partial charge in [0.25, 0.3) is 11.8 Å². The first kappa shape index (κ1) is 24.3. The highest BCUT2D eigenvalue weighted by molar-refractivity contribution is 8.04. The first-order chi connectivity index (χ1) is 17.5. The fraction of sp³-hybridized carbons (Fsp3) is 0.267. The van der Waals surface area contributed by atoms with Crippen LogP contribution in [0.5, 0.6) is 0 Å². The van der Waals surface area contributed by atoms with E-state index in [4.69, 9.17) is 0 Å². The van der Waals surface area contributed by atoms with Crippen molar-refractivity contribution in [3.63, 3.8) is 0 Å². The van der Waals surface area contributed by atoms with Crippen molar-refractivity contribution in [2.45, 2.75) is 50.1 Å². The molecule has 1 aliphatic carbocycles. The average molecular weight is 501 g/mol. The average Bonchev–Trinajstić information content (AvgIpc) is 2.89. The van der Waals surface area contributed by atoms with E-state index in [1.165, 1.54) is 30.3 Å². The van der Waals surface area contributed by atoms with E-state index in [9.17, 15) is 14.0 Å². The lowest BCUT2D eigenvalue weighted by molar-refractivity contribution is -0.114. The molecule has 4 nitrogen and oxygen atoms in total. The number of fused-ring (bicyclic) bond motifs is 1. The number of anilines is 1. The highest BCUT2D eigenvalue weighted by atomic mass is 32.2. The third-order valence-electron chi connectivity index (χ3n) is 6.97. The maximum Gasteiger partial charge on any atom is 0.265 e. The lowest BCUT2D eigenvalue weighted by Crippen LogP contribution is -2.41. The van der Waals surface area contributed by atoms with Gasteiger partial charge in [-0.05, 0) is 66.3 Å². The summed E-state index contributed by atoms with van der Waals surface area (Å²) in [6.45, 7) is 2.47. The maximum atomic E-state index is 13.7. The Balaban J connectivity index is 1.48. The van der Waals surface area contributed by atoms with Gasteiger partial charge in [-0.2, -0.15) is 0 Å². The molecule has 5 rings (SSSR count). The van der Waals surface area contributed by atoms with Gasteiger partial charge in [0.1, 0.15) is 5.82 Å². The number of hydrogen-bond acceptors (Lipinski definition) is 3. The SMILES string of the molecule is C[C@@H]1CCCC[C@H]1NC(=O)c1ccc2c(c1)N(Cc1ccc(F)cc1)C(=O)/C(=C/c1ccccc1)S2. The Labute approximate surface area is 215 Å². The summed E-state index contributed by atoms with van der Waals surface area (Å²) < 4.78 is 13.5. The highest BCUT2D eigenvalue weighted by Crippen LogP contribution is 2.43. The maximum absolute atomic E-state index is 13.7. The topological polar surface area (TPSA) is 49.4 Å². The van der Waals surface area contributed by atoms with Crippen LogP contribution in [-0.4, -0.2) is 17.9 Å². The molecule has 3 aromatic carbocycles. The van der Waals surface area contributed by atoms with Crippen LogP contribution in [0.3, 0.4) is 0 Å². The number of hydrogen-bond donors (Lipinski definition) is 1. The molecule has 1 N–H and O–H groups in total. The predicted molar refractivity (Wildman–Crippen MR) is 143 cm³/mol. The number of thioether (sulfide) groups is 1. The molecule has 1 heterocycles. The second-order valence-corrected chi connectivity index (χ2v) is 10.6. The second-order valence-electron chi connectivity index (χ2n) is 9.56. The van der Waals surface area contributed by atoms with E-state index in [0.29, 0.717) is 22.1 Å². The van der Waals surface area contributed by atoms with E-state index in [1.54, 1.807) is 17.0 Å². The summed E-state index contributed by atoms with van der Waals surface area (Å²) in [4.78, 5) is 30.0.